The number of piperazine rings is 1. The van der Waals surface area contributed by atoms with Gasteiger partial charge < -0.3 is 20.4 Å². The van der Waals surface area contributed by atoms with Gasteiger partial charge in [-0.15, -0.1) is 0 Å². The molecule has 0 bridgehead atoms. The SMILES string of the molecule is O=C(CCCCCC(=O)N1CCN(C(=O)c2cc(Cc3n[nH]c(=O)c4ccccc34)ccc2F)CC1)NCCNc1cccc2c1C(=O)N(C1CCC(=O)NC1=O)C2=O. The molecule has 1 aromatic heterocycles. The lowest BCUT2D eigenvalue weighted by molar-refractivity contribution is -0.136. The summed E-state index contributed by atoms with van der Waals surface area (Å²) in [6, 6.07) is 15.1. The molecule has 59 heavy (non-hydrogen) atoms. The molecule has 1 unspecified atom stereocenters. The van der Waals surface area contributed by atoms with Crippen LogP contribution >= 0.6 is 0 Å². The Morgan fingerprint density at radius 2 is 1.56 bits per heavy atom. The standard InChI is InChI=1S/C42H43FN8O8/c43-30-14-13-25(24-32-26-7-4-5-8-27(26)38(55)48-47-32)23-29(30)40(57)50-21-19-49(20-22-50)36(54)12-3-1-2-11-34(52)45-18-17-44-31-10-6-9-28-37(31)42(59)51(41(28)58)33-15-16-35(53)46-39(33)56/h4-10,13-14,23,33,44H,1-3,11-12,15-22,24H2,(H,45,52)(H,48,55)(H,46,53,56). The lowest BCUT2D eigenvalue weighted by Gasteiger charge is -2.35. The monoisotopic (exact) mass is 806 g/mol. The number of halogens is 1. The lowest BCUT2D eigenvalue weighted by Crippen LogP contribution is -2.54. The van der Waals surface area contributed by atoms with Crippen molar-refractivity contribution in [3.05, 3.63) is 105 Å². The fraction of sp³-hybridized carbons (Fsp3) is 0.357. The summed E-state index contributed by atoms with van der Waals surface area (Å²) < 4.78 is 14.9. The van der Waals surface area contributed by atoms with Crippen molar-refractivity contribution >= 4 is 57.8 Å². The summed E-state index contributed by atoms with van der Waals surface area (Å²) in [7, 11) is 0. The minimum absolute atomic E-state index is 0.0262. The normalized spacial score (nSPS) is 16.6. The van der Waals surface area contributed by atoms with Gasteiger partial charge in [0.2, 0.25) is 23.6 Å². The number of H-pyrrole nitrogens is 1. The van der Waals surface area contributed by atoms with Gasteiger partial charge in [-0.25, -0.2) is 9.49 Å². The molecule has 4 heterocycles. The van der Waals surface area contributed by atoms with Crippen LogP contribution in [-0.2, 0) is 25.6 Å². The van der Waals surface area contributed by atoms with Gasteiger partial charge in [0, 0.05) is 76.0 Å². The van der Waals surface area contributed by atoms with Crippen molar-refractivity contribution < 1.29 is 38.0 Å². The smallest absolute Gasteiger partial charge is 0.272 e. The number of anilines is 1. The number of nitrogens with zero attached hydrogens (tertiary/aromatic N) is 4. The second-order valence-corrected chi connectivity index (χ2v) is 14.7. The third-order valence-electron chi connectivity index (χ3n) is 10.9. The highest BCUT2D eigenvalue weighted by Gasteiger charge is 2.45. The first-order valence-electron chi connectivity index (χ1n) is 19.7. The van der Waals surface area contributed by atoms with Gasteiger partial charge in [0.25, 0.3) is 23.3 Å². The summed E-state index contributed by atoms with van der Waals surface area (Å²) >= 11 is 0. The molecule has 16 nitrogen and oxygen atoms in total. The molecule has 0 spiro atoms. The zero-order chi connectivity index (χ0) is 41.6. The molecular weight excluding hydrogens is 764 g/mol. The van der Waals surface area contributed by atoms with E-state index in [-0.39, 0.29) is 85.9 Å². The second-order valence-electron chi connectivity index (χ2n) is 14.7. The number of amides is 7. The van der Waals surface area contributed by atoms with E-state index in [4.69, 9.17) is 0 Å². The van der Waals surface area contributed by atoms with Gasteiger partial charge in [0.1, 0.15) is 11.9 Å². The van der Waals surface area contributed by atoms with Crippen LogP contribution in [-0.4, -0.2) is 112 Å². The highest BCUT2D eigenvalue weighted by Crippen LogP contribution is 2.32. The zero-order valence-corrected chi connectivity index (χ0v) is 32.2. The Morgan fingerprint density at radius 1 is 0.814 bits per heavy atom. The topological polar surface area (TPSA) is 211 Å². The molecule has 3 aliphatic heterocycles. The molecule has 0 saturated carbocycles. The van der Waals surface area contributed by atoms with Crippen molar-refractivity contribution in [3.8, 4) is 0 Å². The molecule has 7 amide bonds. The van der Waals surface area contributed by atoms with Gasteiger partial charge in [-0.3, -0.25) is 48.6 Å². The predicted octanol–water partition coefficient (Wildman–Crippen LogP) is 2.52. The number of benzene rings is 3. The molecule has 1 atom stereocenters. The number of piperidine rings is 1. The van der Waals surface area contributed by atoms with Crippen LogP contribution in [0, 0.1) is 5.82 Å². The number of rotatable bonds is 14. The summed E-state index contributed by atoms with van der Waals surface area (Å²) in [4.78, 5) is 105. The van der Waals surface area contributed by atoms with E-state index in [9.17, 15) is 42.7 Å². The van der Waals surface area contributed by atoms with Gasteiger partial charge in [0.05, 0.1) is 27.8 Å². The fourth-order valence-corrected chi connectivity index (χ4v) is 7.72. The van der Waals surface area contributed by atoms with Gasteiger partial charge in [0.15, 0.2) is 0 Å². The Morgan fingerprint density at radius 3 is 2.34 bits per heavy atom. The molecule has 2 saturated heterocycles. The highest BCUT2D eigenvalue weighted by atomic mass is 19.1. The molecule has 0 radical (unpaired) electrons. The maximum atomic E-state index is 14.9. The van der Waals surface area contributed by atoms with E-state index in [0.717, 1.165) is 4.90 Å². The molecule has 3 aliphatic rings. The first-order chi connectivity index (χ1) is 28.5. The van der Waals surface area contributed by atoms with Crippen molar-refractivity contribution in [2.45, 2.75) is 57.4 Å². The zero-order valence-electron chi connectivity index (χ0n) is 32.2. The molecule has 2 fully saturated rings. The highest BCUT2D eigenvalue weighted by molar-refractivity contribution is 6.25. The third kappa shape index (κ3) is 8.88. The van der Waals surface area contributed by atoms with Gasteiger partial charge in [-0.05, 0) is 55.2 Å². The first kappa shape index (κ1) is 40.4. The quantitative estimate of drug-likeness (QED) is 0.108. The third-order valence-corrected chi connectivity index (χ3v) is 10.9. The van der Waals surface area contributed by atoms with Crippen LogP contribution < -0.4 is 21.5 Å². The van der Waals surface area contributed by atoms with E-state index >= 15 is 0 Å². The van der Waals surface area contributed by atoms with E-state index in [1.165, 1.54) is 23.1 Å². The molecule has 17 heteroatoms. The maximum Gasteiger partial charge on any atom is 0.272 e. The minimum Gasteiger partial charge on any atom is -0.383 e. The number of nitrogens with one attached hydrogen (secondary N) is 4. The van der Waals surface area contributed by atoms with E-state index < -0.39 is 41.4 Å². The first-order valence-corrected chi connectivity index (χ1v) is 19.7. The van der Waals surface area contributed by atoms with Crippen molar-refractivity contribution in [1.29, 1.82) is 0 Å². The number of unbranched alkanes of at least 4 members (excludes halogenated alkanes) is 2. The average molecular weight is 807 g/mol. The summed E-state index contributed by atoms with van der Waals surface area (Å²) in [6.45, 7) is 1.69. The molecule has 0 aliphatic carbocycles. The minimum atomic E-state index is -1.06. The van der Waals surface area contributed by atoms with Crippen molar-refractivity contribution in [2.24, 2.45) is 0 Å². The van der Waals surface area contributed by atoms with Crippen molar-refractivity contribution in [1.82, 2.24) is 35.5 Å². The number of fused-ring (bicyclic) bond motifs is 2. The Kier molecular flexibility index (Phi) is 12.2. The van der Waals surface area contributed by atoms with Crippen LogP contribution in [0.25, 0.3) is 10.8 Å². The molecule has 306 valence electrons. The van der Waals surface area contributed by atoms with Gasteiger partial charge in [-0.2, -0.15) is 5.10 Å². The van der Waals surface area contributed by atoms with Crippen molar-refractivity contribution in [3.63, 3.8) is 0 Å². The van der Waals surface area contributed by atoms with E-state index in [0.29, 0.717) is 66.5 Å². The van der Waals surface area contributed by atoms with Gasteiger partial charge >= 0.3 is 0 Å². The summed E-state index contributed by atoms with van der Waals surface area (Å²) in [5.74, 6) is -3.67. The molecule has 4 aromatic rings. The predicted molar refractivity (Wildman–Crippen MR) is 212 cm³/mol. The van der Waals surface area contributed by atoms with E-state index in [1.54, 1.807) is 41.3 Å². The molecule has 4 N–H and O–H groups in total. The number of carbonyl (C=O) groups excluding carboxylic acids is 7. The second kappa shape index (κ2) is 17.8. The van der Waals surface area contributed by atoms with Crippen LogP contribution in [0.5, 0.6) is 0 Å². The van der Waals surface area contributed by atoms with E-state index in [1.807, 2.05) is 6.07 Å². The summed E-state index contributed by atoms with van der Waals surface area (Å²) in [6.07, 6.45) is 2.75. The molecule has 3 aromatic carbocycles. The van der Waals surface area contributed by atoms with Crippen LogP contribution in [0.1, 0.15) is 87.3 Å². The number of hydrogen-bond acceptors (Lipinski definition) is 10. The van der Waals surface area contributed by atoms with E-state index in [2.05, 4.69) is 26.1 Å². The Bertz CT molecular complexity index is 2410. The Balaban J connectivity index is 0.792. The number of aromatic nitrogens is 2. The van der Waals surface area contributed by atoms with Crippen LogP contribution in [0.2, 0.25) is 0 Å². The lowest BCUT2D eigenvalue weighted by atomic mass is 10.0. The number of hydrogen-bond donors (Lipinski definition) is 4. The van der Waals surface area contributed by atoms with Crippen molar-refractivity contribution in [2.75, 3.05) is 44.6 Å². The molecular formula is C42H43FN8O8. The van der Waals surface area contributed by atoms with Gasteiger partial charge in [-0.1, -0.05) is 36.8 Å². The number of aromatic amines is 1. The van der Waals surface area contributed by atoms with Crippen LogP contribution in [0.15, 0.2) is 65.5 Å². The van der Waals surface area contributed by atoms with Crippen LogP contribution in [0.4, 0.5) is 10.1 Å². The van der Waals surface area contributed by atoms with Crippen LogP contribution in [0.3, 0.4) is 0 Å². The Hall–Kier alpha value is -6.78. The fourth-order valence-electron chi connectivity index (χ4n) is 7.72. The number of imide groups is 2. The largest absolute Gasteiger partial charge is 0.383 e. The maximum absolute atomic E-state index is 14.9. The Labute approximate surface area is 337 Å². The molecule has 7 rings (SSSR count). The average Bonchev–Trinajstić information content (AvgIpc) is 3.49. The number of carbonyl (C=O) groups is 7. The summed E-state index contributed by atoms with van der Waals surface area (Å²) in [5.41, 5.74) is 1.59. The summed E-state index contributed by atoms with van der Waals surface area (Å²) in [5, 5.41) is 15.9.